The fourth-order valence-corrected chi connectivity index (χ4v) is 17.6. The molecule has 107 heavy (non-hydrogen) atoms. The highest BCUT2D eigenvalue weighted by Crippen LogP contribution is 2.54. The van der Waals surface area contributed by atoms with Gasteiger partial charge in [0, 0.05) is 73.5 Å². The van der Waals surface area contributed by atoms with Crippen molar-refractivity contribution in [3.63, 3.8) is 0 Å². The molecule has 0 fully saturated rings. The van der Waals surface area contributed by atoms with Gasteiger partial charge in [-0.25, -0.2) is 0 Å². The first kappa shape index (κ1) is 62.2. The highest BCUT2D eigenvalue weighted by Gasteiger charge is 2.51. The Bertz CT molecular complexity index is 6390. The van der Waals surface area contributed by atoms with Crippen molar-refractivity contribution in [1.29, 1.82) is 0 Å². The summed E-state index contributed by atoms with van der Waals surface area (Å²) in [5.41, 5.74) is 32.8. The molecule has 17 aromatic rings. The molecule has 0 aliphatic carbocycles. The molecule has 1 aromatic heterocycles. The van der Waals surface area contributed by atoms with Gasteiger partial charge in [0.15, 0.2) is 0 Å². The Balaban J connectivity index is 0.900. The van der Waals surface area contributed by atoms with Crippen LogP contribution in [-0.2, 0) is 5.41 Å². The third kappa shape index (κ3) is 10.1. The number of ether oxygens (including phenoxy) is 2. The lowest BCUT2D eigenvalue weighted by Gasteiger charge is -2.47. The smallest absolute Gasteiger partial charge is 0.260 e. The van der Waals surface area contributed by atoms with Crippen molar-refractivity contribution in [2.75, 3.05) is 9.80 Å². The third-order valence-electron chi connectivity index (χ3n) is 22.6. The van der Waals surface area contributed by atoms with Crippen LogP contribution in [0.1, 0.15) is 26.3 Å². The lowest BCUT2D eigenvalue weighted by atomic mass is 9.30. The van der Waals surface area contributed by atoms with Gasteiger partial charge in [0.1, 0.15) is 23.0 Å². The van der Waals surface area contributed by atoms with Gasteiger partial charge < -0.3 is 23.8 Å². The van der Waals surface area contributed by atoms with Gasteiger partial charge in [-0.15, -0.1) is 0 Å². The zero-order valence-electron chi connectivity index (χ0n) is 59.5. The highest BCUT2D eigenvalue weighted by atomic mass is 16.5. The van der Waals surface area contributed by atoms with Gasteiger partial charge in [0.05, 0.1) is 22.4 Å². The number of aromatic nitrogens is 1. The van der Waals surface area contributed by atoms with Crippen molar-refractivity contribution in [3.8, 4) is 107 Å². The van der Waals surface area contributed by atoms with Crippen LogP contribution < -0.4 is 52.1 Å². The zero-order chi connectivity index (χ0) is 71.0. The molecule has 16 aromatic carbocycles. The van der Waals surface area contributed by atoms with Crippen molar-refractivity contribution in [2.24, 2.45) is 0 Å². The van der Waals surface area contributed by atoms with E-state index < -0.39 is 0 Å². The maximum absolute atomic E-state index is 8.31. The van der Waals surface area contributed by atoms with Crippen LogP contribution in [0.4, 0.5) is 34.1 Å². The summed E-state index contributed by atoms with van der Waals surface area (Å²) in [6.45, 7) is 6.30. The predicted octanol–water partition coefficient (Wildman–Crippen LogP) is 22.6. The second-order valence-electron chi connectivity index (χ2n) is 29.8. The number of para-hydroxylation sites is 4. The number of rotatable bonds is 10. The van der Waals surface area contributed by atoms with Crippen LogP contribution in [0.2, 0.25) is 0 Å². The summed E-state index contributed by atoms with van der Waals surface area (Å²) in [5, 5.41) is 2.40. The fraction of sp³-hybridized carbons (Fsp3) is 0.0400. The highest BCUT2D eigenvalue weighted by molar-refractivity contribution is 7.03. The van der Waals surface area contributed by atoms with Gasteiger partial charge >= 0.3 is 0 Å². The second-order valence-corrected chi connectivity index (χ2v) is 29.8. The Morgan fingerprint density at radius 2 is 0.701 bits per heavy atom. The van der Waals surface area contributed by atoms with Crippen LogP contribution in [0.5, 0.6) is 23.0 Å². The normalized spacial score (nSPS) is 12.9. The number of nitrogens with zero attached hydrogens (tertiary/aromatic N) is 3. The van der Waals surface area contributed by atoms with Gasteiger partial charge in [-0.05, 0) is 166 Å². The molecular weight excluding hydrogens is 1300 g/mol. The van der Waals surface area contributed by atoms with Crippen molar-refractivity contribution in [1.82, 2.24) is 4.57 Å². The summed E-state index contributed by atoms with van der Waals surface area (Å²) in [6.07, 6.45) is 0. The Morgan fingerprint density at radius 1 is 0.252 bits per heavy atom. The van der Waals surface area contributed by atoms with Crippen LogP contribution in [0, 0.1) is 0 Å². The topological polar surface area (TPSA) is 29.9 Å². The molecule has 4 aliphatic heterocycles. The first-order valence-corrected chi connectivity index (χ1v) is 37.2. The fourth-order valence-electron chi connectivity index (χ4n) is 17.6. The van der Waals surface area contributed by atoms with Crippen LogP contribution in [-0.4, -0.2) is 18.0 Å². The lowest BCUT2D eigenvalue weighted by Crippen LogP contribution is -2.65. The number of fused-ring (bicyclic) bond motifs is 12. The van der Waals surface area contributed by atoms with Crippen LogP contribution in [0.15, 0.2) is 364 Å². The molecule has 0 N–H and O–H groups in total. The van der Waals surface area contributed by atoms with E-state index >= 15 is 0 Å². The first-order chi connectivity index (χ1) is 52.7. The summed E-state index contributed by atoms with van der Waals surface area (Å²) in [5.74, 6) is 3.15. The molecule has 0 saturated heterocycles. The second kappa shape index (κ2) is 24.7. The molecule has 0 amide bonds. The monoisotopic (exact) mass is 1370 g/mol. The average molecular weight is 1370 g/mol. The maximum Gasteiger partial charge on any atom is 0.260 e. The largest absolute Gasteiger partial charge is 0.459 e. The van der Waals surface area contributed by atoms with Gasteiger partial charge in [-0.1, -0.05) is 306 Å². The molecule has 5 heterocycles. The van der Waals surface area contributed by atoms with E-state index in [-0.39, 0.29) is 18.8 Å². The summed E-state index contributed by atoms with van der Waals surface area (Å²) < 4.78 is 18.8. The van der Waals surface area contributed by atoms with E-state index in [9.17, 15) is 0 Å². The van der Waals surface area contributed by atoms with E-state index in [1.807, 2.05) is 0 Å². The Hall–Kier alpha value is -13.4. The maximum atomic E-state index is 8.31. The SMILES string of the molecule is CC(C)(C)c1cc2c3c(c1)N(c1ccccc1-c1ccccc1)c1cc4c5c(c1B3c1ccc(-c3ccccc3)cc1N2c1ccccc1-c1ccccc1)Oc1cc(-n2c3ccccc3c3ccccc32)ccc1B5c1cc(-c2cccc(-c3ccccc3)c2)cc(-c2cccc(-c3ccccc3)c2)c1O4. The zero-order valence-corrected chi connectivity index (χ0v) is 59.5. The van der Waals surface area contributed by atoms with E-state index in [1.165, 1.54) is 27.3 Å². The molecule has 0 saturated carbocycles. The molecule has 5 nitrogen and oxygen atoms in total. The molecule has 0 radical (unpaired) electrons. The van der Waals surface area contributed by atoms with Crippen LogP contribution >= 0.6 is 0 Å². The molecule has 502 valence electrons. The van der Waals surface area contributed by atoms with E-state index in [0.717, 1.165) is 174 Å². The molecule has 0 unspecified atom stereocenters. The number of hydrogen-bond donors (Lipinski definition) is 0. The van der Waals surface area contributed by atoms with Crippen LogP contribution in [0.3, 0.4) is 0 Å². The van der Waals surface area contributed by atoms with Crippen molar-refractivity contribution in [3.05, 3.63) is 370 Å². The Kier molecular flexibility index (Phi) is 14.3. The summed E-state index contributed by atoms with van der Waals surface area (Å²) in [4.78, 5) is 5.18. The molecule has 0 spiro atoms. The predicted molar refractivity (Wildman–Crippen MR) is 449 cm³/mol. The number of benzene rings is 16. The first-order valence-electron chi connectivity index (χ1n) is 37.2. The van der Waals surface area contributed by atoms with Gasteiger partial charge in [0.25, 0.3) is 13.4 Å². The third-order valence-corrected chi connectivity index (χ3v) is 22.6. The van der Waals surface area contributed by atoms with Crippen molar-refractivity contribution in [2.45, 2.75) is 26.2 Å². The molecular formula is C100H69B2N3O2. The minimum atomic E-state index is -0.384. The summed E-state index contributed by atoms with van der Waals surface area (Å²) in [7, 11) is 0. The molecule has 0 atom stereocenters. The van der Waals surface area contributed by atoms with Crippen molar-refractivity contribution >= 4 is 102 Å². The Labute approximate surface area is 624 Å². The van der Waals surface area contributed by atoms with E-state index in [2.05, 4.69) is 399 Å². The summed E-state index contributed by atoms with van der Waals surface area (Å²) >= 11 is 0. The molecule has 0 bridgehead atoms. The van der Waals surface area contributed by atoms with E-state index in [0.29, 0.717) is 0 Å². The Morgan fingerprint density at radius 3 is 1.27 bits per heavy atom. The molecule has 7 heteroatoms. The van der Waals surface area contributed by atoms with E-state index in [4.69, 9.17) is 9.47 Å². The van der Waals surface area contributed by atoms with Crippen LogP contribution in [0.25, 0.3) is 105 Å². The summed E-state index contributed by atoms with van der Waals surface area (Å²) in [6, 6.07) is 134. The molecule has 21 rings (SSSR count). The van der Waals surface area contributed by atoms with E-state index in [1.54, 1.807) is 0 Å². The standard InChI is InChI=1S/C100H69B2N3O2/c1-100(2,3)75-60-90-95-91(61-75)105(86-48-24-20-44-78(86)68-37-17-8-18-38-68)92-63-94-97-99(96(92)102(95)82-53-51-72(66-33-13-6-14-34-66)59-89(82)104(90)85-47-23-19-43-77(85)67-35-15-7-16-36-67)106-93-62-76(103-87-49-25-21-45-79(87)80-46-22-26-50-88(80)103)52-54-83(93)101(97)84-58-74(71-41-27-39-69(55-71)64-29-9-4-10-30-64)57-81(98(84)107-94)73-42-28-40-70(56-73)65-31-11-5-12-32-65/h4-63H,1-3H3. The minimum absolute atomic E-state index is 0.304. The van der Waals surface area contributed by atoms with Crippen molar-refractivity contribution < 1.29 is 9.47 Å². The molecule has 4 aliphatic rings. The number of anilines is 6. The number of hydrogen-bond acceptors (Lipinski definition) is 4. The average Bonchev–Trinajstić information content (AvgIpc) is 1.13. The lowest BCUT2D eigenvalue weighted by molar-refractivity contribution is 0.468. The minimum Gasteiger partial charge on any atom is -0.459 e. The quantitative estimate of drug-likeness (QED) is 0.128. The van der Waals surface area contributed by atoms with Gasteiger partial charge in [-0.2, -0.15) is 0 Å². The van der Waals surface area contributed by atoms with Gasteiger partial charge in [-0.3, -0.25) is 0 Å². The van der Waals surface area contributed by atoms with Gasteiger partial charge in [0.2, 0.25) is 0 Å².